The number of nitrogens with two attached hydrogens (primary N) is 1. The van der Waals surface area contributed by atoms with Crippen molar-refractivity contribution in [2.45, 2.75) is 25.9 Å². The monoisotopic (exact) mass is 176 g/mol. The third-order valence-electron chi connectivity index (χ3n) is 0.911. The molecule has 0 aromatic heterocycles. The van der Waals surface area contributed by atoms with E-state index in [0.29, 0.717) is 0 Å². The first kappa shape index (κ1) is 10.9. The Labute approximate surface area is 70.4 Å². The van der Waals surface area contributed by atoms with E-state index < -0.39 is 11.6 Å². The molecule has 0 fully saturated rings. The van der Waals surface area contributed by atoms with Crippen LogP contribution in [0.4, 0.5) is 4.39 Å². The molecular formula is C7H13FN2O2. The van der Waals surface area contributed by atoms with E-state index in [2.05, 4.69) is 4.74 Å². The average molecular weight is 176 g/mol. The maximum atomic E-state index is 12.7. The van der Waals surface area contributed by atoms with E-state index >= 15 is 0 Å². The van der Waals surface area contributed by atoms with Gasteiger partial charge in [-0.15, -0.1) is 0 Å². The van der Waals surface area contributed by atoms with E-state index in [9.17, 15) is 9.18 Å². The summed E-state index contributed by atoms with van der Waals surface area (Å²) in [5.41, 5.74) is 3.39. The summed E-state index contributed by atoms with van der Waals surface area (Å²) in [4.78, 5) is 10.7. The zero-order chi connectivity index (χ0) is 9.78. The summed E-state index contributed by atoms with van der Waals surface area (Å²) in [5, 5.41) is 6.74. The highest BCUT2D eigenvalue weighted by Crippen LogP contribution is 2.08. The molecule has 0 aliphatic rings. The number of halogens is 1. The van der Waals surface area contributed by atoms with E-state index in [-0.39, 0.29) is 18.9 Å². The maximum absolute atomic E-state index is 12.7. The Kier molecular flexibility index (Phi) is 3.66. The molecule has 0 rings (SSSR count). The van der Waals surface area contributed by atoms with Crippen molar-refractivity contribution in [3.63, 3.8) is 0 Å². The first-order chi connectivity index (χ1) is 5.31. The fourth-order valence-electron chi connectivity index (χ4n) is 0.459. The highest BCUT2D eigenvalue weighted by atomic mass is 19.1. The van der Waals surface area contributed by atoms with Crippen LogP contribution in [0.5, 0.6) is 0 Å². The Hall–Kier alpha value is -1.13. The molecule has 12 heavy (non-hydrogen) atoms. The molecule has 0 amide bonds. The van der Waals surface area contributed by atoms with Crippen LogP contribution in [0.1, 0.15) is 20.3 Å². The number of amidine groups is 1. The number of nitrogens with one attached hydrogen (secondary N) is 1. The molecule has 0 heterocycles. The van der Waals surface area contributed by atoms with E-state index in [1.54, 1.807) is 0 Å². The number of esters is 1. The lowest BCUT2D eigenvalue weighted by molar-refractivity contribution is -0.145. The molecule has 0 saturated carbocycles. The standard InChI is InChI=1S/C7H13FN2O2/c1-7(2,8)4-12-6(11)3-5(9)10/h3-4H2,1-2H3,(H3,9,10). The predicted molar refractivity (Wildman–Crippen MR) is 42.7 cm³/mol. The molecule has 0 bridgehead atoms. The summed E-state index contributed by atoms with van der Waals surface area (Å²) in [7, 11) is 0. The van der Waals surface area contributed by atoms with Gasteiger partial charge in [0.1, 0.15) is 24.5 Å². The zero-order valence-corrected chi connectivity index (χ0v) is 7.19. The lowest BCUT2D eigenvalue weighted by atomic mass is 10.2. The van der Waals surface area contributed by atoms with E-state index in [1.807, 2.05) is 0 Å². The second kappa shape index (κ2) is 4.04. The van der Waals surface area contributed by atoms with Crippen molar-refractivity contribution < 1.29 is 13.9 Å². The second-order valence-corrected chi connectivity index (χ2v) is 3.08. The van der Waals surface area contributed by atoms with Gasteiger partial charge in [-0.1, -0.05) is 0 Å². The van der Waals surface area contributed by atoms with Crippen molar-refractivity contribution in [2.24, 2.45) is 5.73 Å². The molecule has 0 aromatic carbocycles. The summed E-state index contributed by atoms with van der Waals surface area (Å²) in [6, 6.07) is 0. The number of hydrogen-bond acceptors (Lipinski definition) is 3. The van der Waals surface area contributed by atoms with Crippen LogP contribution >= 0.6 is 0 Å². The van der Waals surface area contributed by atoms with Crippen LogP contribution < -0.4 is 5.73 Å². The van der Waals surface area contributed by atoms with Crippen LogP contribution in [0.2, 0.25) is 0 Å². The van der Waals surface area contributed by atoms with E-state index in [4.69, 9.17) is 11.1 Å². The maximum Gasteiger partial charge on any atom is 0.313 e. The number of carbonyl (C=O) groups is 1. The molecule has 5 heteroatoms. The van der Waals surface area contributed by atoms with Gasteiger partial charge >= 0.3 is 5.97 Å². The van der Waals surface area contributed by atoms with Gasteiger partial charge in [0, 0.05) is 0 Å². The van der Waals surface area contributed by atoms with Crippen LogP contribution in [-0.2, 0) is 9.53 Å². The second-order valence-electron chi connectivity index (χ2n) is 3.08. The molecule has 0 spiro atoms. The van der Waals surface area contributed by atoms with Gasteiger partial charge in [0.05, 0.1) is 0 Å². The molecule has 70 valence electrons. The van der Waals surface area contributed by atoms with E-state index in [1.165, 1.54) is 13.8 Å². The summed E-state index contributed by atoms with van der Waals surface area (Å²) < 4.78 is 17.2. The Balaban J connectivity index is 3.65. The number of rotatable bonds is 4. The van der Waals surface area contributed by atoms with Crippen LogP contribution in [0.25, 0.3) is 0 Å². The van der Waals surface area contributed by atoms with Crippen LogP contribution in [0.3, 0.4) is 0 Å². The van der Waals surface area contributed by atoms with Gasteiger partial charge in [0.25, 0.3) is 0 Å². The lowest BCUT2D eigenvalue weighted by Gasteiger charge is -2.13. The Morgan fingerprint density at radius 2 is 2.17 bits per heavy atom. The van der Waals surface area contributed by atoms with E-state index in [0.717, 1.165) is 0 Å². The van der Waals surface area contributed by atoms with Gasteiger partial charge in [0.15, 0.2) is 0 Å². The molecule has 3 N–H and O–H groups in total. The molecule has 0 atom stereocenters. The van der Waals surface area contributed by atoms with Crippen molar-refractivity contribution in [1.29, 1.82) is 5.41 Å². The third kappa shape index (κ3) is 6.98. The van der Waals surface area contributed by atoms with Gasteiger partial charge < -0.3 is 10.5 Å². The average Bonchev–Trinajstić information content (AvgIpc) is 1.80. The van der Waals surface area contributed by atoms with Crippen molar-refractivity contribution in [1.82, 2.24) is 0 Å². The lowest BCUT2D eigenvalue weighted by Crippen LogP contribution is -2.25. The molecule has 0 saturated heterocycles. The normalized spacial score (nSPS) is 10.9. The predicted octanol–water partition coefficient (Wildman–Crippen LogP) is 0.604. The number of carbonyl (C=O) groups excluding carboxylic acids is 1. The molecule has 0 unspecified atom stereocenters. The quantitative estimate of drug-likeness (QED) is 0.374. The molecule has 0 aliphatic heterocycles. The molecule has 0 radical (unpaired) electrons. The van der Waals surface area contributed by atoms with Crippen molar-refractivity contribution in [3.05, 3.63) is 0 Å². The minimum absolute atomic E-state index is 0.281. The van der Waals surface area contributed by atoms with Crippen LogP contribution in [0.15, 0.2) is 0 Å². The molecule has 0 aliphatic carbocycles. The molecule has 0 aromatic rings. The van der Waals surface area contributed by atoms with Gasteiger partial charge in [-0.05, 0) is 13.8 Å². The van der Waals surface area contributed by atoms with Gasteiger partial charge in [-0.3, -0.25) is 10.2 Å². The Bertz CT molecular complexity index is 186. The summed E-state index contributed by atoms with van der Waals surface area (Å²) >= 11 is 0. The minimum atomic E-state index is -1.54. The molecular weight excluding hydrogens is 163 g/mol. The number of ether oxygens (including phenoxy) is 1. The first-order valence-electron chi connectivity index (χ1n) is 3.49. The third-order valence-corrected chi connectivity index (χ3v) is 0.911. The summed E-state index contributed by atoms with van der Waals surface area (Å²) in [5.74, 6) is -0.954. The highest BCUT2D eigenvalue weighted by molar-refractivity contribution is 5.94. The summed E-state index contributed by atoms with van der Waals surface area (Å²) in [6.45, 7) is 2.29. The van der Waals surface area contributed by atoms with Crippen LogP contribution in [0, 0.1) is 5.41 Å². The van der Waals surface area contributed by atoms with Crippen molar-refractivity contribution in [2.75, 3.05) is 6.61 Å². The highest BCUT2D eigenvalue weighted by Gasteiger charge is 2.18. The fraction of sp³-hybridized carbons (Fsp3) is 0.714. The first-order valence-corrected chi connectivity index (χ1v) is 3.49. The fourth-order valence-corrected chi connectivity index (χ4v) is 0.459. The number of alkyl halides is 1. The van der Waals surface area contributed by atoms with Crippen molar-refractivity contribution in [3.8, 4) is 0 Å². The summed E-state index contributed by atoms with van der Waals surface area (Å²) in [6.07, 6.45) is -0.282. The number of hydrogen-bond donors (Lipinski definition) is 2. The van der Waals surface area contributed by atoms with Crippen LogP contribution in [-0.4, -0.2) is 24.1 Å². The van der Waals surface area contributed by atoms with Gasteiger partial charge in [-0.25, -0.2) is 4.39 Å². The minimum Gasteiger partial charge on any atom is -0.462 e. The van der Waals surface area contributed by atoms with Gasteiger partial charge in [-0.2, -0.15) is 0 Å². The zero-order valence-electron chi connectivity index (χ0n) is 7.19. The largest absolute Gasteiger partial charge is 0.462 e. The Morgan fingerprint density at radius 1 is 1.67 bits per heavy atom. The molecule has 4 nitrogen and oxygen atoms in total. The van der Waals surface area contributed by atoms with Gasteiger partial charge in [0.2, 0.25) is 0 Å². The SMILES string of the molecule is CC(C)(F)COC(=O)CC(=N)N. The smallest absolute Gasteiger partial charge is 0.313 e. The van der Waals surface area contributed by atoms with Crippen molar-refractivity contribution >= 4 is 11.8 Å². The Morgan fingerprint density at radius 3 is 2.50 bits per heavy atom. The topological polar surface area (TPSA) is 76.2 Å².